The van der Waals surface area contributed by atoms with Gasteiger partial charge in [-0.15, -0.1) is 0 Å². The molecule has 110 valence electrons. The molecule has 0 aliphatic carbocycles. The van der Waals surface area contributed by atoms with Gasteiger partial charge in [0.1, 0.15) is 0 Å². The van der Waals surface area contributed by atoms with Gasteiger partial charge in [-0.25, -0.2) is 0 Å². The summed E-state index contributed by atoms with van der Waals surface area (Å²) in [6.07, 6.45) is 0. The minimum Gasteiger partial charge on any atom is -0.304 e. The van der Waals surface area contributed by atoms with Crippen LogP contribution in [-0.4, -0.2) is 100 Å². The van der Waals surface area contributed by atoms with E-state index in [0.29, 0.717) is 0 Å². The Labute approximate surface area is 115 Å². The van der Waals surface area contributed by atoms with Gasteiger partial charge in [0.05, 0.1) is 0 Å². The molecule has 0 N–H and O–H groups in total. The van der Waals surface area contributed by atoms with E-state index < -0.39 is 0 Å². The molecule has 0 atom stereocenters. The average Bonchev–Trinajstić information content (AvgIpc) is 2.39. The number of hydrogen-bond acceptors (Lipinski definition) is 4. The molecule has 0 radical (unpaired) electrons. The summed E-state index contributed by atoms with van der Waals surface area (Å²) in [5.41, 5.74) is 0. The molecular formula is C14H34N4. The third kappa shape index (κ3) is 8.86. The van der Waals surface area contributed by atoms with Crippen LogP contribution in [-0.2, 0) is 0 Å². The van der Waals surface area contributed by atoms with Crippen molar-refractivity contribution >= 4 is 0 Å². The van der Waals surface area contributed by atoms with Crippen LogP contribution in [0.4, 0.5) is 0 Å². The number of nitrogens with zero attached hydrogens (tertiary/aromatic N) is 4. The molecule has 1 rings (SSSR count). The van der Waals surface area contributed by atoms with Crippen molar-refractivity contribution in [3.05, 3.63) is 0 Å². The zero-order chi connectivity index (χ0) is 14.0. The fraction of sp³-hybridized carbons (Fsp3) is 1.00. The van der Waals surface area contributed by atoms with E-state index in [4.69, 9.17) is 0 Å². The van der Waals surface area contributed by atoms with Gasteiger partial charge in [-0.05, 0) is 28.2 Å². The van der Waals surface area contributed by atoms with Crippen molar-refractivity contribution in [2.75, 3.05) is 80.5 Å². The summed E-state index contributed by atoms with van der Waals surface area (Å²) in [4.78, 5) is 9.72. The summed E-state index contributed by atoms with van der Waals surface area (Å²) in [5, 5.41) is 0. The standard InChI is InChI=1S/C12H28N4.C2H6/c1-13-5-7-14(2)9-11-16(4)12-10-15(3)8-6-13;1-2/h5-12H2,1-4H3;1-2H3. The molecule has 18 heavy (non-hydrogen) atoms. The molecule has 0 aromatic carbocycles. The van der Waals surface area contributed by atoms with Gasteiger partial charge in [0.25, 0.3) is 0 Å². The van der Waals surface area contributed by atoms with Crippen molar-refractivity contribution in [3.63, 3.8) is 0 Å². The molecular weight excluding hydrogens is 224 g/mol. The van der Waals surface area contributed by atoms with Gasteiger partial charge in [0, 0.05) is 52.4 Å². The van der Waals surface area contributed by atoms with Crippen molar-refractivity contribution < 1.29 is 0 Å². The first-order valence-corrected chi connectivity index (χ1v) is 7.32. The average molecular weight is 258 g/mol. The summed E-state index contributed by atoms with van der Waals surface area (Å²) in [5.74, 6) is 0. The molecule has 0 bridgehead atoms. The zero-order valence-electron chi connectivity index (χ0n) is 13.4. The van der Waals surface area contributed by atoms with Crippen LogP contribution in [0.15, 0.2) is 0 Å². The zero-order valence-corrected chi connectivity index (χ0v) is 13.4. The highest BCUT2D eigenvalue weighted by Gasteiger charge is 2.08. The first kappa shape index (κ1) is 17.8. The summed E-state index contributed by atoms with van der Waals surface area (Å²) in [6.45, 7) is 13.4. The predicted molar refractivity (Wildman–Crippen MR) is 81.3 cm³/mol. The molecule has 1 aliphatic rings. The Balaban J connectivity index is 0.00000137. The van der Waals surface area contributed by atoms with Gasteiger partial charge in [-0.3, -0.25) is 0 Å². The summed E-state index contributed by atoms with van der Waals surface area (Å²) < 4.78 is 0. The van der Waals surface area contributed by atoms with Gasteiger partial charge < -0.3 is 19.6 Å². The lowest BCUT2D eigenvalue weighted by atomic mass is 10.4. The lowest BCUT2D eigenvalue weighted by molar-refractivity contribution is 0.181. The minimum absolute atomic E-state index is 1.17. The highest BCUT2D eigenvalue weighted by molar-refractivity contribution is 4.65. The van der Waals surface area contributed by atoms with E-state index in [1.807, 2.05) is 13.8 Å². The topological polar surface area (TPSA) is 13.0 Å². The molecule has 0 aromatic heterocycles. The van der Waals surface area contributed by atoms with Crippen LogP contribution in [0.5, 0.6) is 0 Å². The van der Waals surface area contributed by atoms with Gasteiger partial charge in [0.2, 0.25) is 0 Å². The second-order valence-electron chi connectivity index (χ2n) is 5.21. The molecule has 0 aromatic rings. The second-order valence-corrected chi connectivity index (χ2v) is 5.21. The Bertz CT molecular complexity index is 131. The molecule has 0 unspecified atom stereocenters. The molecule has 4 nitrogen and oxygen atoms in total. The van der Waals surface area contributed by atoms with Gasteiger partial charge in [-0.2, -0.15) is 0 Å². The minimum atomic E-state index is 1.17. The Kier molecular flexibility index (Phi) is 10.6. The molecule has 1 fully saturated rings. The van der Waals surface area contributed by atoms with Crippen molar-refractivity contribution in [1.29, 1.82) is 0 Å². The van der Waals surface area contributed by atoms with Crippen molar-refractivity contribution in [1.82, 2.24) is 19.6 Å². The van der Waals surface area contributed by atoms with Gasteiger partial charge >= 0.3 is 0 Å². The van der Waals surface area contributed by atoms with Crippen LogP contribution < -0.4 is 0 Å². The number of likely N-dealkylation sites (N-methyl/N-ethyl adjacent to an activating group) is 4. The van der Waals surface area contributed by atoms with Crippen molar-refractivity contribution in [2.45, 2.75) is 13.8 Å². The van der Waals surface area contributed by atoms with Gasteiger partial charge in [-0.1, -0.05) is 13.8 Å². The summed E-state index contributed by atoms with van der Waals surface area (Å²) in [6, 6.07) is 0. The van der Waals surface area contributed by atoms with E-state index in [-0.39, 0.29) is 0 Å². The lowest BCUT2D eigenvalue weighted by Crippen LogP contribution is -2.42. The normalized spacial score (nSPS) is 23.7. The molecule has 4 heteroatoms. The Hall–Kier alpha value is -0.160. The lowest BCUT2D eigenvalue weighted by Gasteiger charge is -2.28. The highest BCUT2D eigenvalue weighted by atomic mass is 15.2. The van der Waals surface area contributed by atoms with Gasteiger partial charge in [0.15, 0.2) is 0 Å². The first-order chi connectivity index (χ1) is 8.58. The van der Waals surface area contributed by atoms with E-state index in [9.17, 15) is 0 Å². The Morgan fingerprint density at radius 2 is 0.500 bits per heavy atom. The smallest absolute Gasteiger partial charge is 0.0107 e. The van der Waals surface area contributed by atoms with Crippen LogP contribution in [0.1, 0.15) is 13.8 Å². The fourth-order valence-electron chi connectivity index (χ4n) is 1.81. The molecule has 0 spiro atoms. The van der Waals surface area contributed by atoms with Crippen LogP contribution in [0, 0.1) is 0 Å². The second kappa shape index (κ2) is 10.7. The van der Waals surface area contributed by atoms with Crippen LogP contribution in [0.3, 0.4) is 0 Å². The van der Waals surface area contributed by atoms with E-state index in [2.05, 4.69) is 47.8 Å². The third-order valence-electron chi connectivity index (χ3n) is 3.45. The molecule has 1 aliphatic heterocycles. The Morgan fingerprint density at radius 1 is 0.389 bits per heavy atom. The van der Waals surface area contributed by atoms with Crippen LogP contribution in [0.25, 0.3) is 0 Å². The molecule has 0 amide bonds. The maximum Gasteiger partial charge on any atom is 0.0107 e. The predicted octanol–water partition coefficient (Wildman–Crippen LogP) is 0.753. The van der Waals surface area contributed by atoms with E-state index >= 15 is 0 Å². The number of rotatable bonds is 0. The SMILES string of the molecule is CC.CN1CCN(C)CCN(C)CCN(C)CC1. The van der Waals surface area contributed by atoms with Crippen molar-refractivity contribution in [2.24, 2.45) is 0 Å². The van der Waals surface area contributed by atoms with E-state index in [1.165, 1.54) is 52.4 Å². The van der Waals surface area contributed by atoms with E-state index in [1.54, 1.807) is 0 Å². The largest absolute Gasteiger partial charge is 0.304 e. The maximum atomic E-state index is 2.43. The van der Waals surface area contributed by atoms with Crippen molar-refractivity contribution in [3.8, 4) is 0 Å². The monoisotopic (exact) mass is 258 g/mol. The highest BCUT2D eigenvalue weighted by Crippen LogP contribution is 1.94. The molecule has 1 heterocycles. The molecule has 0 saturated carbocycles. The summed E-state index contributed by atoms with van der Waals surface area (Å²) in [7, 11) is 8.89. The van der Waals surface area contributed by atoms with E-state index in [0.717, 1.165) is 0 Å². The fourth-order valence-corrected chi connectivity index (χ4v) is 1.81. The quantitative estimate of drug-likeness (QED) is 0.636. The maximum absolute atomic E-state index is 2.43. The Morgan fingerprint density at radius 3 is 0.611 bits per heavy atom. The molecule has 1 saturated heterocycles. The van der Waals surface area contributed by atoms with Crippen LogP contribution in [0.2, 0.25) is 0 Å². The summed E-state index contributed by atoms with van der Waals surface area (Å²) >= 11 is 0. The van der Waals surface area contributed by atoms with Crippen LogP contribution >= 0.6 is 0 Å². The number of hydrogen-bond donors (Lipinski definition) is 0. The first-order valence-electron chi connectivity index (χ1n) is 7.32. The third-order valence-corrected chi connectivity index (χ3v) is 3.45.